The minimum Gasteiger partial charge on any atom is -0.472 e. The molecule has 0 aliphatic carbocycles. The van der Waals surface area contributed by atoms with Gasteiger partial charge in [-0.1, -0.05) is 42.5 Å². The molecule has 0 saturated heterocycles. The van der Waals surface area contributed by atoms with E-state index in [-0.39, 0.29) is 12.0 Å². The number of rotatable bonds is 6. The molecular formula is C21H17F3O2. The smallest absolute Gasteiger partial charge is 0.417 e. The van der Waals surface area contributed by atoms with Crippen LogP contribution in [0.15, 0.2) is 71.5 Å². The Balaban J connectivity index is 1.59. The summed E-state index contributed by atoms with van der Waals surface area (Å²) in [6, 6.07) is 14.6. The molecule has 0 spiro atoms. The van der Waals surface area contributed by atoms with E-state index in [1.807, 2.05) is 30.3 Å². The number of alkyl halides is 3. The molecule has 0 N–H and O–H groups in total. The molecule has 1 aromatic heterocycles. The van der Waals surface area contributed by atoms with Crippen molar-refractivity contribution in [1.82, 2.24) is 0 Å². The Hall–Kier alpha value is -2.82. The Morgan fingerprint density at radius 3 is 2.31 bits per heavy atom. The average molecular weight is 358 g/mol. The van der Waals surface area contributed by atoms with E-state index in [0.29, 0.717) is 12.8 Å². The first-order chi connectivity index (χ1) is 12.4. The van der Waals surface area contributed by atoms with Gasteiger partial charge in [0.05, 0.1) is 18.1 Å². The molecule has 0 atom stereocenters. The normalized spacial score (nSPS) is 11.5. The van der Waals surface area contributed by atoms with Gasteiger partial charge in [0, 0.05) is 17.5 Å². The van der Waals surface area contributed by atoms with Crippen molar-refractivity contribution in [1.29, 1.82) is 0 Å². The van der Waals surface area contributed by atoms with Crippen molar-refractivity contribution in [2.45, 2.75) is 25.4 Å². The molecular weight excluding hydrogens is 341 g/mol. The van der Waals surface area contributed by atoms with Crippen LogP contribution in [0.4, 0.5) is 13.2 Å². The largest absolute Gasteiger partial charge is 0.472 e. The minimum atomic E-state index is -4.52. The number of carbonyl (C=O) groups excluding carboxylic acids is 1. The fraction of sp³-hybridized carbons (Fsp3) is 0.190. The number of furan rings is 1. The highest BCUT2D eigenvalue weighted by Gasteiger charge is 2.34. The molecule has 0 amide bonds. The van der Waals surface area contributed by atoms with E-state index in [1.165, 1.54) is 18.2 Å². The molecule has 5 heteroatoms. The second kappa shape index (κ2) is 7.60. The quantitative estimate of drug-likeness (QED) is 0.493. The maximum absolute atomic E-state index is 13.0. The Kier molecular flexibility index (Phi) is 5.26. The van der Waals surface area contributed by atoms with Gasteiger partial charge in [0.2, 0.25) is 0 Å². The van der Waals surface area contributed by atoms with E-state index >= 15 is 0 Å². The van der Waals surface area contributed by atoms with Gasteiger partial charge in [0.1, 0.15) is 0 Å². The lowest BCUT2D eigenvalue weighted by atomic mass is 9.98. The van der Waals surface area contributed by atoms with Crippen molar-refractivity contribution in [3.63, 3.8) is 0 Å². The number of hydrogen-bond donors (Lipinski definition) is 0. The highest BCUT2D eigenvalue weighted by atomic mass is 19.4. The first-order valence-corrected chi connectivity index (χ1v) is 8.26. The number of Topliss-reactive ketones (excluding diaryl/α,β-unsaturated/α-hetero) is 1. The van der Waals surface area contributed by atoms with Gasteiger partial charge in [-0.2, -0.15) is 13.2 Å². The van der Waals surface area contributed by atoms with Crippen LogP contribution in [0.1, 0.15) is 34.3 Å². The molecule has 3 aromatic rings. The van der Waals surface area contributed by atoms with E-state index in [0.717, 1.165) is 22.8 Å². The third-order valence-electron chi connectivity index (χ3n) is 4.21. The van der Waals surface area contributed by atoms with Crippen molar-refractivity contribution < 1.29 is 22.4 Å². The van der Waals surface area contributed by atoms with Crippen molar-refractivity contribution in [3.8, 4) is 11.1 Å². The van der Waals surface area contributed by atoms with Crippen LogP contribution < -0.4 is 0 Å². The van der Waals surface area contributed by atoms with Crippen LogP contribution in [-0.2, 0) is 12.6 Å². The fourth-order valence-electron chi connectivity index (χ4n) is 2.85. The van der Waals surface area contributed by atoms with Crippen molar-refractivity contribution >= 4 is 5.78 Å². The lowest BCUT2D eigenvalue weighted by molar-refractivity contribution is -0.137. The lowest BCUT2D eigenvalue weighted by Gasteiger charge is -2.11. The maximum Gasteiger partial charge on any atom is 0.417 e. The third kappa shape index (κ3) is 4.23. The highest BCUT2D eigenvalue weighted by Crippen LogP contribution is 2.32. The molecule has 0 radical (unpaired) electrons. The first kappa shape index (κ1) is 18.0. The maximum atomic E-state index is 13.0. The number of aryl methyl sites for hydroxylation is 1. The Morgan fingerprint density at radius 1 is 0.923 bits per heavy atom. The second-order valence-electron chi connectivity index (χ2n) is 6.03. The topological polar surface area (TPSA) is 30.2 Å². The summed E-state index contributed by atoms with van der Waals surface area (Å²) < 4.78 is 44.0. The molecule has 0 fully saturated rings. The fourth-order valence-corrected chi connectivity index (χ4v) is 2.85. The summed E-state index contributed by atoms with van der Waals surface area (Å²) in [5.41, 5.74) is 1.92. The molecule has 0 unspecified atom stereocenters. The van der Waals surface area contributed by atoms with Crippen LogP contribution in [0.25, 0.3) is 11.1 Å². The standard InChI is InChI=1S/C21H17F3O2/c22-21(23,24)19-6-2-1-5-18(19)20(25)7-3-4-15-8-10-16(11-9-15)17-12-13-26-14-17/h1-2,5-6,8-14H,3-4,7H2. The molecule has 0 saturated carbocycles. The van der Waals surface area contributed by atoms with E-state index in [9.17, 15) is 18.0 Å². The summed E-state index contributed by atoms with van der Waals surface area (Å²) in [6.07, 6.45) is -0.0488. The predicted molar refractivity (Wildman–Crippen MR) is 92.9 cm³/mol. The molecule has 134 valence electrons. The molecule has 2 nitrogen and oxygen atoms in total. The van der Waals surface area contributed by atoms with Gasteiger partial charge in [0.15, 0.2) is 5.78 Å². The number of halogens is 3. The van der Waals surface area contributed by atoms with Gasteiger partial charge >= 0.3 is 6.18 Å². The van der Waals surface area contributed by atoms with Crippen LogP contribution in [-0.4, -0.2) is 5.78 Å². The second-order valence-corrected chi connectivity index (χ2v) is 6.03. The summed E-state index contributed by atoms with van der Waals surface area (Å²) in [6.45, 7) is 0. The molecule has 0 aliphatic rings. The van der Waals surface area contributed by atoms with Crippen LogP contribution >= 0.6 is 0 Å². The Morgan fingerprint density at radius 2 is 1.65 bits per heavy atom. The number of carbonyl (C=O) groups is 1. The van der Waals surface area contributed by atoms with Gasteiger partial charge in [-0.25, -0.2) is 0 Å². The summed E-state index contributed by atoms with van der Waals surface area (Å²) in [5.74, 6) is -0.479. The van der Waals surface area contributed by atoms with Crippen LogP contribution in [0.5, 0.6) is 0 Å². The van der Waals surface area contributed by atoms with Crippen LogP contribution in [0.3, 0.4) is 0 Å². The third-order valence-corrected chi connectivity index (χ3v) is 4.21. The van der Waals surface area contributed by atoms with Gasteiger partial charge in [-0.3, -0.25) is 4.79 Å². The van der Waals surface area contributed by atoms with E-state index < -0.39 is 17.5 Å². The van der Waals surface area contributed by atoms with Gasteiger partial charge < -0.3 is 4.42 Å². The van der Waals surface area contributed by atoms with E-state index in [1.54, 1.807) is 12.5 Å². The molecule has 3 rings (SSSR count). The summed E-state index contributed by atoms with van der Waals surface area (Å²) in [7, 11) is 0. The Labute approximate surface area is 149 Å². The Bertz CT molecular complexity index is 863. The van der Waals surface area contributed by atoms with Gasteiger partial charge in [-0.05, 0) is 36.1 Å². The summed E-state index contributed by atoms with van der Waals surface area (Å²) in [5, 5.41) is 0. The monoisotopic (exact) mass is 358 g/mol. The van der Waals surface area contributed by atoms with Crippen LogP contribution in [0, 0.1) is 0 Å². The molecule has 1 heterocycles. The summed E-state index contributed by atoms with van der Waals surface area (Å²) in [4.78, 5) is 12.2. The van der Waals surface area contributed by atoms with Crippen LogP contribution in [0.2, 0.25) is 0 Å². The zero-order valence-corrected chi connectivity index (χ0v) is 13.9. The molecule has 0 bridgehead atoms. The lowest BCUT2D eigenvalue weighted by Crippen LogP contribution is -2.13. The minimum absolute atomic E-state index is 0.0799. The zero-order chi connectivity index (χ0) is 18.6. The molecule has 26 heavy (non-hydrogen) atoms. The van der Waals surface area contributed by atoms with Crippen molar-refractivity contribution in [2.75, 3.05) is 0 Å². The van der Waals surface area contributed by atoms with E-state index in [4.69, 9.17) is 4.42 Å². The first-order valence-electron chi connectivity index (χ1n) is 8.26. The number of hydrogen-bond acceptors (Lipinski definition) is 2. The van der Waals surface area contributed by atoms with Gasteiger partial charge in [0.25, 0.3) is 0 Å². The molecule has 2 aromatic carbocycles. The average Bonchev–Trinajstić information content (AvgIpc) is 3.16. The van der Waals surface area contributed by atoms with Crippen molar-refractivity contribution in [3.05, 3.63) is 83.8 Å². The zero-order valence-electron chi connectivity index (χ0n) is 13.9. The number of benzene rings is 2. The summed E-state index contributed by atoms with van der Waals surface area (Å²) >= 11 is 0. The van der Waals surface area contributed by atoms with Crippen molar-refractivity contribution in [2.24, 2.45) is 0 Å². The molecule has 0 aliphatic heterocycles. The highest BCUT2D eigenvalue weighted by molar-refractivity contribution is 5.97. The SMILES string of the molecule is O=C(CCCc1ccc(-c2ccoc2)cc1)c1ccccc1C(F)(F)F. The predicted octanol–water partition coefficient (Wildman–Crippen LogP) is 6.17. The van der Waals surface area contributed by atoms with Gasteiger partial charge in [-0.15, -0.1) is 0 Å². The van der Waals surface area contributed by atoms with E-state index in [2.05, 4.69) is 0 Å². The number of ketones is 1.